The molecule has 0 aliphatic carbocycles. The molecular formula is C28H23ClN6O3S. The molecule has 196 valence electrons. The van der Waals surface area contributed by atoms with Gasteiger partial charge in [-0.1, -0.05) is 41.6 Å². The normalized spacial score (nSPS) is 16.0. The van der Waals surface area contributed by atoms with E-state index in [0.29, 0.717) is 21.6 Å². The molecule has 11 heteroatoms. The van der Waals surface area contributed by atoms with E-state index in [1.165, 1.54) is 0 Å². The van der Waals surface area contributed by atoms with Crippen molar-refractivity contribution in [3.05, 3.63) is 95.6 Å². The Morgan fingerprint density at radius 1 is 1.13 bits per heavy atom. The number of methoxy groups -OCH3 is 1. The van der Waals surface area contributed by atoms with Crippen LogP contribution in [0.1, 0.15) is 12.0 Å². The number of halogens is 1. The summed E-state index contributed by atoms with van der Waals surface area (Å²) in [5.41, 5.74) is 3.84. The number of hydrogen-bond acceptors (Lipinski definition) is 7. The molecular weight excluding hydrogens is 536 g/mol. The number of para-hydroxylation sites is 1. The van der Waals surface area contributed by atoms with E-state index in [1.807, 2.05) is 60.8 Å². The first kappa shape index (κ1) is 26.2. The molecule has 0 saturated carbocycles. The van der Waals surface area contributed by atoms with Gasteiger partial charge in [0.25, 0.3) is 0 Å². The lowest BCUT2D eigenvalue weighted by molar-refractivity contribution is -0.122. The highest BCUT2D eigenvalue weighted by molar-refractivity contribution is 8.15. The molecule has 2 N–H and O–H groups in total. The molecule has 9 nitrogen and oxygen atoms in total. The van der Waals surface area contributed by atoms with E-state index in [9.17, 15) is 9.59 Å². The molecule has 1 aliphatic heterocycles. The van der Waals surface area contributed by atoms with E-state index in [0.717, 1.165) is 34.3 Å². The fourth-order valence-electron chi connectivity index (χ4n) is 3.81. The number of benzene rings is 3. The van der Waals surface area contributed by atoms with Crippen molar-refractivity contribution < 1.29 is 14.3 Å². The number of nitrogens with zero attached hydrogens (tertiary/aromatic N) is 4. The van der Waals surface area contributed by atoms with Crippen LogP contribution in [0.15, 0.2) is 95.3 Å². The number of amidine groups is 1. The van der Waals surface area contributed by atoms with E-state index in [-0.39, 0.29) is 18.2 Å². The molecule has 0 spiro atoms. The maximum atomic E-state index is 12.4. The van der Waals surface area contributed by atoms with Crippen molar-refractivity contribution in [2.75, 3.05) is 12.4 Å². The largest absolute Gasteiger partial charge is 0.497 e. The Labute approximate surface area is 233 Å². The fraction of sp³-hybridized carbons (Fsp3) is 0.107. The van der Waals surface area contributed by atoms with E-state index >= 15 is 0 Å². The van der Waals surface area contributed by atoms with Crippen molar-refractivity contribution in [2.45, 2.75) is 11.7 Å². The Morgan fingerprint density at radius 2 is 1.87 bits per heavy atom. The van der Waals surface area contributed by atoms with Crippen LogP contribution >= 0.6 is 23.4 Å². The molecule has 3 aromatic carbocycles. The predicted octanol–water partition coefficient (Wildman–Crippen LogP) is 5.15. The summed E-state index contributed by atoms with van der Waals surface area (Å²) in [7, 11) is 1.62. The van der Waals surface area contributed by atoms with Crippen molar-refractivity contribution in [1.29, 1.82) is 0 Å². The molecule has 1 aromatic heterocycles. The Balaban J connectivity index is 1.30. The number of carbonyl (C=O) groups excluding carboxylic acids is 2. The number of nitrogens with one attached hydrogen (secondary N) is 2. The van der Waals surface area contributed by atoms with Crippen molar-refractivity contribution >= 4 is 52.2 Å². The predicted molar refractivity (Wildman–Crippen MR) is 155 cm³/mol. The molecule has 1 aliphatic rings. The zero-order chi connectivity index (χ0) is 27.2. The van der Waals surface area contributed by atoms with E-state index < -0.39 is 5.25 Å². The summed E-state index contributed by atoms with van der Waals surface area (Å²) < 4.78 is 7.04. The highest BCUT2D eigenvalue weighted by Gasteiger charge is 2.32. The summed E-state index contributed by atoms with van der Waals surface area (Å²) in [6.07, 6.45) is 3.45. The number of ether oxygens (including phenoxy) is 1. The van der Waals surface area contributed by atoms with Gasteiger partial charge in [-0.3, -0.25) is 9.59 Å². The van der Waals surface area contributed by atoms with Gasteiger partial charge in [0.15, 0.2) is 5.17 Å². The number of amides is 2. The average Bonchev–Trinajstić information content (AvgIpc) is 3.53. The maximum absolute atomic E-state index is 12.4. The lowest BCUT2D eigenvalue weighted by Crippen LogP contribution is -2.28. The van der Waals surface area contributed by atoms with E-state index in [4.69, 9.17) is 21.4 Å². The molecule has 1 fully saturated rings. The van der Waals surface area contributed by atoms with Crippen LogP contribution < -0.4 is 15.4 Å². The molecule has 4 aromatic rings. The number of aromatic nitrogens is 2. The van der Waals surface area contributed by atoms with E-state index in [1.54, 1.807) is 42.3 Å². The van der Waals surface area contributed by atoms with Gasteiger partial charge in [0, 0.05) is 34.5 Å². The SMILES string of the molecule is COc1ccc(-c2nn(-c3ccccc3)cc2/C=N/N=C2/NC(=O)C(CC(=O)Nc3ccc(Cl)cc3)S2)cc1. The summed E-state index contributed by atoms with van der Waals surface area (Å²) in [5, 5.41) is 18.9. The number of carbonyl (C=O) groups is 2. The number of hydrogen-bond donors (Lipinski definition) is 2. The highest BCUT2D eigenvalue weighted by atomic mass is 35.5. The molecule has 39 heavy (non-hydrogen) atoms. The second-order valence-corrected chi connectivity index (χ2v) is 10.1. The molecule has 2 heterocycles. The van der Waals surface area contributed by atoms with Crippen LogP contribution in [0.3, 0.4) is 0 Å². The molecule has 0 radical (unpaired) electrons. The van der Waals surface area contributed by atoms with Gasteiger partial charge in [-0.2, -0.15) is 10.2 Å². The van der Waals surface area contributed by atoms with Crippen LogP contribution in [0.4, 0.5) is 5.69 Å². The molecule has 0 bridgehead atoms. The molecule has 1 unspecified atom stereocenters. The number of rotatable bonds is 8. The maximum Gasteiger partial charge on any atom is 0.240 e. The van der Waals surface area contributed by atoms with Crippen molar-refractivity contribution in [2.24, 2.45) is 10.2 Å². The third-order valence-corrected chi connectivity index (χ3v) is 7.07. The second kappa shape index (κ2) is 12.0. The first-order valence-electron chi connectivity index (χ1n) is 11.9. The van der Waals surface area contributed by atoms with Crippen molar-refractivity contribution in [3.8, 4) is 22.7 Å². The minimum absolute atomic E-state index is 0.00662. The molecule has 2 amide bonds. The minimum atomic E-state index is -0.609. The summed E-state index contributed by atoms with van der Waals surface area (Å²) in [4.78, 5) is 24.8. The summed E-state index contributed by atoms with van der Waals surface area (Å²) >= 11 is 7.04. The minimum Gasteiger partial charge on any atom is -0.497 e. The second-order valence-electron chi connectivity index (χ2n) is 8.45. The standard InChI is InChI=1S/C28H23ClN6O3S/c1-38-23-13-7-18(8-14-23)26-19(17-35(34-26)22-5-3-2-4-6-22)16-30-33-28-32-27(37)24(39-28)15-25(36)31-21-11-9-20(29)10-12-21/h2-14,16-17,24H,15H2,1H3,(H,31,36)(H,32,33,37)/b30-16+. The van der Waals surface area contributed by atoms with Crippen LogP contribution in [0.5, 0.6) is 5.75 Å². The van der Waals surface area contributed by atoms with Gasteiger partial charge in [-0.05, 0) is 60.7 Å². The first-order valence-corrected chi connectivity index (χ1v) is 13.2. The van der Waals surface area contributed by atoms with Crippen LogP contribution in [0.2, 0.25) is 5.02 Å². The summed E-state index contributed by atoms with van der Waals surface area (Å²) in [6, 6.07) is 24.1. The first-order chi connectivity index (χ1) is 19.0. The van der Waals surface area contributed by atoms with Gasteiger partial charge in [-0.25, -0.2) is 4.68 Å². The lowest BCUT2D eigenvalue weighted by atomic mass is 10.1. The summed E-state index contributed by atoms with van der Waals surface area (Å²) in [5.74, 6) is 0.163. The zero-order valence-corrected chi connectivity index (χ0v) is 22.3. The van der Waals surface area contributed by atoms with Gasteiger partial charge in [0.2, 0.25) is 11.8 Å². The Kier molecular flexibility index (Phi) is 8.04. The monoisotopic (exact) mass is 558 g/mol. The number of thioether (sulfide) groups is 1. The molecule has 1 atom stereocenters. The van der Waals surface area contributed by atoms with Crippen molar-refractivity contribution in [3.63, 3.8) is 0 Å². The lowest BCUT2D eigenvalue weighted by Gasteiger charge is -2.07. The quantitative estimate of drug-likeness (QED) is 0.229. The molecule has 1 saturated heterocycles. The smallest absolute Gasteiger partial charge is 0.240 e. The third-order valence-electron chi connectivity index (χ3n) is 5.75. The zero-order valence-electron chi connectivity index (χ0n) is 20.7. The van der Waals surface area contributed by atoms with E-state index in [2.05, 4.69) is 20.8 Å². The van der Waals surface area contributed by atoms with Crippen LogP contribution in [-0.4, -0.2) is 45.3 Å². The van der Waals surface area contributed by atoms with Gasteiger partial charge >= 0.3 is 0 Å². The highest BCUT2D eigenvalue weighted by Crippen LogP contribution is 2.26. The Bertz CT molecular complexity index is 1540. The van der Waals surface area contributed by atoms with Gasteiger partial charge in [-0.15, -0.1) is 5.10 Å². The van der Waals surface area contributed by atoms with Gasteiger partial charge < -0.3 is 15.4 Å². The topological polar surface area (TPSA) is 110 Å². The van der Waals surface area contributed by atoms with Gasteiger partial charge in [0.1, 0.15) is 16.7 Å². The molecule has 5 rings (SSSR count). The Hall–Kier alpha value is -4.41. The van der Waals surface area contributed by atoms with Crippen LogP contribution in [0.25, 0.3) is 16.9 Å². The Morgan fingerprint density at radius 3 is 2.59 bits per heavy atom. The van der Waals surface area contributed by atoms with Gasteiger partial charge in [0.05, 0.1) is 19.0 Å². The van der Waals surface area contributed by atoms with Crippen LogP contribution in [0, 0.1) is 0 Å². The third kappa shape index (κ3) is 6.54. The fourth-order valence-corrected chi connectivity index (χ4v) is 4.86. The average molecular weight is 559 g/mol. The van der Waals surface area contributed by atoms with Crippen molar-refractivity contribution in [1.82, 2.24) is 15.1 Å². The summed E-state index contributed by atoms with van der Waals surface area (Å²) in [6.45, 7) is 0. The van der Waals surface area contributed by atoms with Crippen LogP contribution in [-0.2, 0) is 9.59 Å². The number of anilines is 1.